The van der Waals surface area contributed by atoms with Gasteiger partial charge in [0.1, 0.15) is 5.82 Å². The monoisotopic (exact) mass is 330 g/mol. The van der Waals surface area contributed by atoms with E-state index in [9.17, 15) is 9.50 Å². The highest BCUT2D eigenvalue weighted by Gasteiger charge is 2.41. The predicted octanol–water partition coefficient (Wildman–Crippen LogP) is 3.84. The fourth-order valence-electron chi connectivity index (χ4n) is 2.93. The van der Waals surface area contributed by atoms with Gasteiger partial charge in [-0.15, -0.1) is 0 Å². The summed E-state index contributed by atoms with van der Waals surface area (Å²) in [7, 11) is 0. The van der Waals surface area contributed by atoms with Crippen molar-refractivity contribution in [3.63, 3.8) is 0 Å². The fourth-order valence-corrected chi connectivity index (χ4v) is 3.34. The van der Waals surface area contributed by atoms with E-state index in [-0.39, 0.29) is 5.82 Å². The summed E-state index contributed by atoms with van der Waals surface area (Å²) in [5.41, 5.74) is 0.346. The summed E-state index contributed by atoms with van der Waals surface area (Å²) in [6.45, 7) is 2.55. The van der Waals surface area contributed by atoms with E-state index in [1.807, 2.05) is 6.92 Å². The van der Waals surface area contributed by atoms with Crippen LogP contribution in [0.5, 0.6) is 0 Å². The molecule has 19 heavy (non-hydrogen) atoms. The third-order valence-electron chi connectivity index (χ3n) is 3.91. The molecule has 1 saturated carbocycles. The molecule has 1 aliphatic carbocycles. The van der Waals surface area contributed by atoms with Gasteiger partial charge in [0.05, 0.1) is 11.7 Å². The van der Waals surface area contributed by atoms with Gasteiger partial charge in [-0.05, 0) is 43.5 Å². The Bertz CT molecular complexity index is 430. The maximum atomic E-state index is 13.3. The van der Waals surface area contributed by atoms with E-state index in [0.29, 0.717) is 13.0 Å². The molecule has 0 aromatic heterocycles. The Kier molecular flexibility index (Phi) is 4.98. The Morgan fingerprint density at radius 3 is 2.74 bits per heavy atom. The van der Waals surface area contributed by atoms with Crippen LogP contribution in [-0.4, -0.2) is 23.4 Å². The lowest BCUT2D eigenvalue weighted by Crippen LogP contribution is -2.43. The highest BCUT2D eigenvalue weighted by molar-refractivity contribution is 9.10. The molecule has 106 valence electrons. The van der Waals surface area contributed by atoms with Gasteiger partial charge in [-0.1, -0.05) is 28.8 Å². The van der Waals surface area contributed by atoms with Crippen molar-refractivity contribution in [1.29, 1.82) is 0 Å². The van der Waals surface area contributed by atoms with Gasteiger partial charge >= 0.3 is 0 Å². The molecule has 1 aliphatic rings. The fraction of sp³-hybridized carbons (Fsp3) is 0.600. The molecular weight excluding hydrogens is 311 g/mol. The Morgan fingerprint density at radius 1 is 1.42 bits per heavy atom. The molecule has 1 aromatic carbocycles. The third kappa shape index (κ3) is 3.36. The van der Waals surface area contributed by atoms with Gasteiger partial charge in [-0.3, -0.25) is 0 Å². The average Bonchev–Trinajstić information content (AvgIpc) is 2.84. The van der Waals surface area contributed by atoms with Crippen LogP contribution < -0.4 is 0 Å². The molecule has 1 aromatic rings. The molecule has 0 saturated heterocycles. The first-order valence-corrected chi connectivity index (χ1v) is 7.62. The lowest BCUT2D eigenvalue weighted by molar-refractivity contribution is -0.115. The first-order chi connectivity index (χ1) is 9.07. The van der Waals surface area contributed by atoms with Crippen LogP contribution >= 0.6 is 15.9 Å². The van der Waals surface area contributed by atoms with Crippen LogP contribution in [0, 0.1) is 5.82 Å². The van der Waals surface area contributed by atoms with E-state index < -0.39 is 11.7 Å². The zero-order valence-electron chi connectivity index (χ0n) is 11.2. The molecule has 1 fully saturated rings. The molecule has 0 amide bonds. The summed E-state index contributed by atoms with van der Waals surface area (Å²) < 4.78 is 20.0. The largest absolute Gasteiger partial charge is 0.390 e. The third-order valence-corrected chi connectivity index (χ3v) is 4.68. The molecule has 0 bridgehead atoms. The van der Waals surface area contributed by atoms with Gasteiger partial charge in [0.25, 0.3) is 0 Å². The standard InChI is InChI=1S/C15H20BrFO2/c1-2-19-15(7-3-4-8-15)14(18)10-11-9-12(17)5-6-13(11)16/h5-6,9,14,18H,2-4,7-8,10H2,1H3. The summed E-state index contributed by atoms with van der Waals surface area (Å²) in [5.74, 6) is -0.276. The second kappa shape index (κ2) is 6.33. The first-order valence-electron chi connectivity index (χ1n) is 6.83. The van der Waals surface area contributed by atoms with Crippen LogP contribution in [0.25, 0.3) is 0 Å². The lowest BCUT2D eigenvalue weighted by Gasteiger charge is -2.34. The number of benzene rings is 1. The van der Waals surface area contributed by atoms with E-state index in [1.54, 1.807) is 6.07 Å². The number of rotatable bonds is 5. The first kappa shape index (κ1) is 14.9. The number of aliphatic hydroxyl groups excluding tert-OH is 1. The van der Waals surface area contributed by atoms with Crippen molar-refractivity contribution in [3.05, 3.63) is 34.1 Å². The van der Waals surface area contributed by atoms with E-state index in [2.05, 4.69) is 15.9 Å². The SMILES string of the molecule is CCOC1(C(O)Cc2cc(F)ccc2Br)CCCC1. The molecule has 2 rings (SSSR count). The molecule has 1 unspecified atom stereocenters. The number of ether oxygens (including phenoxy) is 1. The molecule has 0 radical (unpaired) electrons. The van der Waals surface area contributed by atoms with Crippen molar-refractivity contribution < 1.29 is 14.2 Å². The van der Waals surface area contributed by atoms with Gasteiger partial charge in [-0.25, -0.2) is 4.39 Å². The minimum absolute atomic E-state index is 0.276. The van der Waals surface area contributed by atoms with Gasteiger partial charge in [0.2, 0.25) is 0 Å². The summed E-state index contributed by atoms with van der Waals surface area (Å²) in [6, 6.07) is 4.56. The van der Waals surface area contributed by atoms with Crippen LogP contribution in [0.2, 0.25) is 0 Å². The molecule has 0 spiro atoms. The summed E-state index contributed by atoms with van der Waals surface area (Å²) >= 11 is 3.41. The van der Waals surface area contributed by atoms with Crippen molar-refractivity contribution in [2.24, 2.45) is 0 Å². The van der Waals surface area contributed by atoms with Gasteiger partial charge in [0.15, 0.2) is 0 Å². The lowest BCUT2D eigenvalue weighted by atomic mass is 9.89. The van der Waals surface area contributed by atoms with Crippen molar-refractivity contribution >= 4 is 15.9 Å². The molecular formula is C15H20BrFO2. The molecule has 4 heteroatoms. The highest BCUT2D eigenvalue weighted by atomic mass is 79.9. The zero-order chi connectivity index (χ0) is 13.9. The molecule has 2 nitrogen and oxygen atoms in total. The Hall–Kier alpha value is -0.450. The summed E-state index contributed by atoms with van der Waals surface area (Å²) in [5, 5.41) is 10.5. The van der Waals surface area contributed by atoms with Crippen molar-refractivity contribution in [1.82, 2.24) is 0 Å². The van der Waals surface area contributed by atoms with E-state index in [1.165, 1.54) is 12.1 Å². The number of hydrogen-bond donors (Lipinski definition) is 1. The smallest absolute Gasteiger partial charge is 0.123 e. The molecule has 1 N–H and O–H groups in total. The number of hydrogen-bond acceptors (Lipinski definition) is 2. The van der Waals surface area contributed by atoms with E-state index in [0.717, 1.165) is 35.7 Å². The Morgan fingerprint density at radius 2 is 2.11 bits per heavy atom. The quantitative estimate of drug-likeness (QED) is 0.888. The maximum absolute atomic E-state index is 13.3. The predicted molar refractivity (Wildman–Crippen MR) is 76.6 cm³/mol. The van der Waals surface area contributed by atoms with Crippen LogP contribution in [-0.2, 0) is 11.2 Å². The van der Waals surface area contributed by atoms with Gasteiger partial charge in [-0.2, -0.15) is 0 Å². The molecule has 0 aliphatic heterocycles. The van der Waals surface area contributed by atoms with Crippen LogP contribution in [0.15, 0.2) is 22.7 Å². The number of halogens is 2. The zero-order valence-corrected chi connectivity index (χ0v) is 12.7. The Labute approximate surface area is 122 Å². The summed E-state index contributed by atoms with van der Waals surface area (Å²) in [6.07, 6.45) is 3.76. The molecule has 1 atom stereocenters. The van der Waals surface area contributed by atoms with E-state index >= 15 is 0 Å². The highest BCUT2D eigenvalue weighted by Crippen LogP contribution is 2.38. The van der Waals surface area contributed by atoms with Crippen molar-refractivity contribution in [2.45, 2.75) is 50.7 Å². The average molecular weight is 331 g/mol. The minimum Gasteiger partial charge on any atom is -0.390 e. The minimum atomic E-state index is -0.590. The van der Waals surface area contributed by atoms with Crippen LogP contribution in [0.3, 0.4) is 0 Å². The number of aliphatic hydroxyl groups is 1. The van der Waals surface area contributed by atoms with Crippen molar-refractivity contribution in [2.75, 3.05) is 6.61 Å². The Balaban J connectivity index is 2.14. The van der Waals surface area contributed by atoms with Gasteiger partial charge in [0, 0.05) is 17.5 Å². The van der Waals surface area contributed by atoms with Crippen LogP contribution in [0.1, 0.15) is 38.2 Å². The summed E-state index contributed by atoms with van der Waals surface area (Å²) in [4.78, 5) is 0. The second-order valence-electron chi connectivity index (χ2n) is 5.16. The topological polar surface area (TPSA) is 29.5 Å². The van der Waals surface area contributed by atoms with Crippen LogP contribution in [0.4, 0.5) is 4.39 Å². The van der Waals surface area contributed by atoms with E-state index in [4.69, 9.17) is 4.74 Å². The maximum Gasteiger partial charge on any atom is 0.123 e. The second-order valence-corrected chi connectivity index (χ2v) is 6.01. The van der Waals surface area contributed by atoms with Crippen molar-refractivity contribution in [3.8, 4) is 0 Å². The normalized spacial score (nSPS) is 19.6. The molecule has 0 heterocycles. The van der Waals surface area contributed by atoms with Gasteiger partial charge < -0.3 is 9.84 Å².